The summed E-state index contributed by atoms with van der Waals surface area (Å²) in [4.78, 5) is 3.16. The second-order valence-corrected chi connectivity index (χ2v) is 2.57. The number of hydrogen-bond donors (Lipinski definition) is 1. The molecule has 0 saturated heterocycles. The zero-order chi connectivity index (χ0) is 6.97. The van der Waals surface area contributed by atoms with Gasteiger partial charge < -0.3 is 4.98 Å². The minimum absolute atomic E-state index is 0. The highest BCUT2D eigenvalue weighted by Gasteiger charge is 1.90. The zero-order valence-corrected chi connectivity index (χ0v) is 5.89. The van der Waals surface area contributed by atoms with Crippen LogP contribution in [0, 0.1) is 6.92 Å². The lowest BCUT2D eigenvalue weighted by molar-refractivity contribution is 1.44. The summed E-state index contributed by atoms with van der Waals surface area (Å²) in [7, 11) is 0. The number of aromatic nitrogens is 1. The molecule has 1 aromatic heterocycles. The van der Waals surface area contributed by atoms with Gasteiger partial charge in [-0.3, -0.25) is 0 Å². The third-order valence-corrected chi connectivity index (χ3v) is 1.71. The fourth-order valence-electron chi connectivity index (χ4n) is 1.16. The molecule has 0 aliphatic carbocycles. The molecule has 0 saturated carbocycles. The molecule has 50 valence electrons. The minimum Gasteiger partial charge on any atom is -0.361 e. The standard InChI is InChI=1S/C9H9N/c1-7-2-3-8-4-5-10-9(8)6-7/h2-6,10H,1H3/p+1. The summed E-state index contributed by atoms with van der Waals surface area (Å²) >= 11 is 0. The molecule has 0 fully saturated rings. The average molecular weight is 132 g/mol. The molecule has 0 spiro atoms. The largest absolute Gasteiger partial charge is 1.00 e. The highest BCUT2D eigenvalue weighted by molar-refractivity contribution is 5.79. The number of aromatic amines is 1. The van der Waals surface area contributed by atoms with Gasteiger partial charge in [-0.05, 0) is 30.0 Å². The van der Waals surface area contributed by atoms with Gasteiger partial charge in [-0.15, -0.1) is 0 Å². The van der Waals surface area contributed by atoms with Crippen LogP contribution >= 0.6 is 0 Å². The number of aryl methyl sites for hydroxylation is 1. The molecule has 1 N–H and O–H groups in total. The van der Waals surface area contributed by atoms with Gasteiger partial charge in [0.1, 0.15) is 0 Å². The van der Waals surface area contributed by atoms with Gasteiger partial charge >= 0.3 is 1.43 Å². The van der Waals surface area contributed by atoms with Gasteiger partial charge in [-0.2, -0.15) is 0 Å². The molecule has 2 aromatic rings. The van der Waals surface area contributed by atoms with Crippen molar-refractivity contribution in [2.75, 3.05) is 0 Å². The van der Waals surface area contributed by atoms with E-state index in [0.29, 0.717) is 0 Å². The van der Waals surface area contributed by atoms with Gasteiger partial charge in [-0.25, -0.2) is 0 Å². The maximum atomic E-state index is 3.16. The normalized spacial score (nSPS) is 10.5. The van der Waals surface area contributed by atoms with E-state index in [0.717, 1.165) is 0 Å². The molecule has 2 rings (SSSR count). The highest BCUT2D eigenvalue weighted by atomic mass is 14.7. The van der Waals surface area contributed by atoms with Crippen molar-refractivity contribution in [2.45, 2.75) is 6.92 Å². The molecule has 0 aliphatic heterocycles. The van der Waals surface area contributed by atoms with Crippen molar-refractivity contribution in [3.05, 3.63) is 36.0 Å². The van der Waals surface area contributed by atoms with Crippen molar-refractivity contribution >= 4 is 10.9 Å². The van der Waals surface area contributed by atoms with E-state index in [-0.39, 0.29) is 1.43 Å². The smallest absolute Gasteiger partial charge is 0.361 e. The summed E-state index contributed by atoms with van der Waals surface area (Å²) in [5, 5.41) is 1.28. The molecule has 0 unspecified atom stereocenters. The molecule has 1 heterocycles. The average Bonchev–Trinajstić information content (AvgIpc) is 2.33. The van der Waals surface area contributed by atoms with Gasteiger partial charge in [0.05, 0.1) is 0 Å². The fraction of sp³-hybridized carbons (Fsp3) is 0.111. The lowest BCUT2D eigenvalue weighted by Crippen LogP contribution is -1.70. The number of H-pyrrole nitrogens is 1. The van der Waals surface area contributed by atoms with Gasteiger partial charge in [0.15, 0.2) is 0 Å². The molecular formula is C9H10N+. The van der Waals surface area contributed by atoms with Crippen LogP contribution in [-0.2, 0) is 0 Å². The summed E-state index contributed by atoms with van der Waals surface area (Å²) in [6, 6.07) is 8.47. The van der Waals surface area contributed by atoms with Crippen molar-refractivity contribution in [1.82, 2.24) is 4.98 Å². The SMILES string of the molecule is Cc1ccc2cc[nH]c2c1.[H+]. The van der Waals surface area contributed by atoms with Crippen molar-refractivity contribution in [3.8, 4) is 0 Å². The van der Waals surface area contributed by atoms with Crippen LogP contribution in [0.15, 0.2) is 30.5 Å². The van der Waals surface area contributed by atoms with Crippen LogP contribution in [0.4, 0.5) is 0 Å². The maximum absolute atomic E-state index is 3.16. The van der Waals surface area contributed by atoms with Crippen LogP contribution in [0.5, 0.6) is 0 Å². The van der Waals surface area contributed by atoms with Gasteiger partial charge in [-0.1, -0.05) is 12.1 Å². The summed E-state index contributed by atoms with van der Waals surface area (Å²) in [6.07, 6.45) is 1.96. The van der Waals surface area contributed by atoms with E-state index >= 15 is 0 Å². The van der Waals surface area contributed by atoms with Crippen LogP contribution in [0.25, 0.3) is 10.9 Å². The molecule has 10 heavy (non-hydrogen) atoms. The highest BCUT2D eigenvalue weighted by Crippen LogP contribution is 2.12. The van der Waals surface area contributed by atoms with E-state index in [2.05, 4.69) is 36.2 Å². The van der Waals surface area contributed by atoms with Crippen LogP contribution in [-0.4, -0.2) is 4.98 Å². The predicted molar refractivity (Wildman–Crippen MR) is 44.1 cm³/mol. The number of benzene rings is 1. The Morgan fingerprint density at radius 3 is 3.10 bits per heavy atom. The van der Waals surface area contributed by atoms with Crippen molar-refractivity contribution in [1.29, 1.82) is 0 Å². The summed E-state index contributed by atoms with van der Waals surface area (Å²) < 4.78 is 0. The molecular weight excluding hydrogens is 122 g/mol. The lowest BCUT2D eigenvalue weighted by Gasteiger charge is -1.90. The molecule has 1 nitrogen and oxygen atoms in total. The quantitative estimate of drug-likeness (QED) is 0.567. The van der Waals surface area contributed by atoms with Crippen molar-refractivity contribution in [3.63, 3.8) is 0 Å². The first-order valence-electron chi connectivity index (χ1n) is 3.40. The number of fused-ring (bicyclic) bond motifs is 1. The van der Waals surface area contributed by atoms with Crippen molar-refractivity contribution < 1.29 is 1.43 Å². The van der Waals surface area contributed by atoms with Gasteiger partial charge in [0, 0.05) is 11.7 Å². The Hall–Kier alpha value is -1.24. The molecule has 0 aliphatic rings. The van der Waals surface area contributed by atoms with Crippen LogP contribution in [0.1, 0.15) is 6.99 Å². The predicted octanol–water partition coefficient (Wildman–Crippen LogP) is 2.59. The summed E-state index contributed by atoms with van der Waals surface area (Å²) in [6.45, 7) is 2.10. The Kier molecular flexibility index (Phi) is 1.04. The Labute approximate surface area is 61.2 Å². The summed E-state index contributed by atoms with van der Waals surface area (Å²) in [5.74, 6) is 0. The Balaban J connectivity index is 0.000000605. The molecule has 0 radical (unpaired) electrons. The molecule has 0 bridgehead atoms. The molecule has 1 heteroatoms. The molecule has 1 aromatic carbocycles. The van der Waals surface area contributed by atoms with E-state index in [1.807, 2.05) is 6.20 Å². The van der Waals surface area contributed by atoms with Crippen LogP contribution in [0.3, 0.4) is 0 Å². The number of nitrogens with one attached hydrogen (secondary N) is 1. The Bertz CT molecular complexity index is 351. The van der Waals surface area contributed by atoms with Gasteiger partial charge in [0.25, 0.3) is 0 Å². The number of rotatable bonds is 0. The first kappa shape index (κ1) is 5.54. The van der Waals surface area contributed by atoms with E-state index in [9.17, 15) is 0 Å². The van der Waals surface area contributed by atoms with Crippen LogP contribution in [0.2, 0.25) is 0 Å². The number of hydrogen-bond acceptors (Lipinski definition) is 0. The fourth-order valence-corrected chi connectivity index (χ4v) is 1.16. The van der Waals surface area contributed by atoms with Crippen molar-refractivity contribution in [2.24, 2.45) is 0 Å². The van der Waals surface area contributed by atoms with E-state index in [1.165, 1.54) is 16.5 Å². The topological polar surface area (TPSA) is 15.8 Å². The second kappa shape index (κ2) is 1.87. The maximum Gasteiger partial charge on any atom is 1.00 e. The summed E-state index contributed by atoms with van der Waals surface area (Å²) in [5.41, 5.74) is 2.52. The van der Waals surface area contributed by atoms with Gasteiger partial charge in [0.2, 0.25) is 0 Å². The zero-order valence-electron chi connectivity index (χ0n) is 6.89. The lowest BCUT2D eigenvalue weighted by atomic mass is 10.2. The first-order valence-corrected chi connectivity index (χ1v) is 3.40. The monoisotopic (exact) mass is 132 g/mol. The van der Waals surface area contributed by atoms with Crippen LogP contribution < -0.4 is 0 Å². The molecule has 0 amide bonds. The molecule has 0 atom stereocenters. The third kappa shape index (κ3) is 0.711. The second-order valence-electron chi connectivity index (χ2n) is 2.57. The Morgan fingerprint density at radius 2 is 2.20 bits per heavy atom. The Morgan fingerprint density at radius 1 is 1.30 bits per heavy atom. The third-order valence-electron chi connectivity index (χ3n) is 1.71. The van der Waals surface area contributed by atoms with E-state index in [4.69, 9.17) is 0 Å². The minimum atomic E-state index is 0. The first-order chi connectivity index (χ1) is 4.86. The van der Waals surface area contributed by atoms with E-state index in [1.54, 1.807) is 0 Å². The van der Waals surface area contributed by atoms with E-state index < -0.39 is 0 Å².